The van der Waals surface area contributed by atoms with Crippen molar-refractivity contribution in [1.82, 2.24) is 9.13 Å². The highest BCUT2D eigenvalue weighted by Crippen LogP contribution is 2.46. The zero-order valence-corrected chi connectivity index (χ0v) is 33.9. The van der Waals surface area contributed by atoms with Crippen molar-refractivity contribution in [3.63, 3.8) is 0 Å². The van der Waals surface area contributed by atoms with Gasteiger partial charge in [-0.15, -0.1) is 0 Å². The first-order valence-electron chi connectivity index (χ1n) is 21.0. The summed E-state index contributed by atoms with van der Waals surface area (Å²) in [5.74, 6) is 0. The normalized spacial score (nSPS) is 12.8. The molecule has 13 rings (SSSR count). The maximum Gasteiger partial charge on any atom is 0.244 e. The van der Waals surface area contributed by atoms with Crippen molar-refractivity contribution in [2.24, 2.45) is 0 Å². The first kappa shape index (κ1) is 34.1. The van der Waals surface area contributed by atoms with Crippen molar-refractivity contribution < 1.29 is 0 Å². The van der Waals surface area contributed by atoms with E-state index in [9.17, 15) is 5.26 Å². The van der Waals surface area contributed by atoms with E-state index in [2.05, 4.69) is 174 Å². The Bertz CT molecular complexity index is 3620. The number of hydrogen-bond acceptors (Lipinski definition) is 1. The molecule has 0 saturated carbocycles. The fourth-order valence-electron chi connectivity index (χ4n) is 11.1. The largest absolute Gasteiger partial charge is 0.309 e. The average molecular weight is 775 g/mol. The number of para-hydroxylation sites is 2. The minimum absolute atomic E-state index is 0.0142. The van der Waals surface area contributed by atoms with Gasteiger partial charge in [0, 0.05) is 43.7 Å². The smallest absolute Gasteiger partial charge is 0.244 e. The summed E-state index contributed by atoms with van der Waals surface area (Å²) in [6.45, 7) is 14.6. The van der Waals surface area contributed by atoms with Crippen molar-refractivity contribution in [2.45, 2.75) is 26.2 Å². The van der Waals surface area contributed by atoms with E-state index >= 15 is 0 Å². The molecule has 2 aliphatic rings. The standard InChI is InChI=1S/C56H35BN4/c1-56(2,3)33-27-43-39-13-9-15-41-51(39)47(29-45-37-11-5-7-17-49(37)60(54(41)45)35-23-19-32(31-58)20-24-35)57-48-30-46-38-12-6-8-18-50(38)61(36-25-21-34(59-4)22-26-36)55(46)42-16-10-14-40(52(42)48)44(28-33)53(43)57/h5-30H,1-3H3. The Morgan fingerprint density at radius 3 is 1.48 bits per heavy atom. The Morgan fingerprint density at radius 1 is 0.525 bits per heavy atom. The van der Waals surface area contributed by atoms with Gasteiger partial charge in [-0.25, -0.2) is 4.85 Å². The molecule has 4 heterocycles. The van der Waals surface area contributed by atoms with Crippen LogP contribution in [0.3, 0.4) is 0 Å². The van der Waals surface area contributed by atoms with Gasteiger partial charge < -0.3 is 9.13 Å². The van der Waals surface area contributed by atoms with E-state index in [0.717, 1.165) is 22.4 Å². The molecule has 0 unspecified atom stereocenters. The van der Waals surface area contributed by atoms with E-state index < -0.39 is 0 Å². The zero-order valence-electron chi connectivity index (χ0n) is 33.9. The molecule has 0 spiro atoms. The van der Waals surface area contributed by atoms with Crippen molar-refractivity contribution in [3.8, 4) is 39.7 Å². The first-order chi connectivity index (χ1) is 29.8. The van der Waals surface area contributed by atoms with E-state index in [1.807, 2.05) is 24.3 Å². The van der Waals surface area contributed by atoms with E-state index in [0.29, 0.717) is 11.3 Å². The summed E-state index contributed by atoms with van der Waals surface area (Å²) in [6, 6.07) is 59.8. The SMILES string of the molecule is [C-]#[N+]c1ccc(-n2c3ccccc3c3cc4c5c(cccc5c32)-c2cc(C(C)(C)C)cc3c2B4c2cc4c5ccccc5n(-c5ccc(C#N)cc5)c4c4cccc-3c24)cc1. The number of rotatable bonds is 2. The lowest BCUT2D eigenvalue weighted by Gasteiger charge is -2.36. The molecular formula is C56H35BN4. The summed E-state index contributed by atoms with van der Waals surface area (Å²) in [7, 11) is 0. The molecule has 0 fully saturated rings. The molecule has 0 aliphatic carbocycles. The lowest BCUT2D eigenvalue weighted by atomic mass is 9.31. The fraction of sp³-hybridized carbons (Fsp3) is 0.0714. The third-order valence-corrected chi connectivity index (χ3v) is 13.7. The Kier molecular flexibility index (Phi) is 6.63. The predicted octanol–water partition coefficient (Wildman–Crippen LogP) is 12.4. The molecule has 282 valence electrons. The second-order valence-electron chi connectivity index (χ2n) is 17.8. The number of fused-ring (bicyclic) bond motifs is 12. The third-order valence-electron chi connectivity index (χ3n) is 13.7. The van der Waals surface area contributed by atoms with Gasteiger partial charge in [0.25, 0.3) is 0 Å². The number of hydrogen-bond donors (Lipinski definition) is 0. The van der Waals surface area contributed by atoms with Gasteiger partial charge in [0.2, 0.25) is 6.71 Å². The van der Waals surface area contributed by atoms with E-state index in [-0.39, 0.29) is 12.1 Å². The van der Waals surface area contributed by atoms with Crippen molar-refractivity contribution >= 4 is 93.9 Å². The second kappa shape index (κ2) is 11.9. The molecule has 0 amide bonds. The van der Waals surface area contributed by atoms with Crippen LogP contribution in [-0.4, -0.2) is 15.8 Å². The third kappa shape index (κ3) is 4.42. The van der Waals surface area contributed by atoms with Gasteiger partial charge in [0.15, 0.2) is 5.69 Å². The molecule has 0 radical (unpaired) electrons. The average Bonchev–Trinajstić information content (AvgIpc) is 3.81. The predicted molar refractivity (Wildman–Crippen MR) is 255 cm³/mol. The van der Waals surface area contributed by atoms with Crippen LogP contribution in [0.1, 0.15) is 31.9 Å². The summed E-state index contributed by atoms with van der Waals surface area (Å²) < 4.78 is 4.81. The van der Waals surface area contributed by atoms with Crippen molar-refractivity contribution in [2.75, 3.05) is 0 Å². The van der Waals surface area contributed by atoms with Gasteiger partial charge in [-0.2, -0.15) is 5.26 Å². The van der Waals surface area contributed by atoms with Crippen LogP contribution in [0.5, 0.6) is 0 Å². The summed E-state index contributed by atoms with van der Waals surface area (Å²) in [6.07, 6.45) is 0. The Morgan fingerprint density at radius 2 is 1.00 bits per heavy atom. The maximum atomic E-state index is 9.69. The highest BCUT2D eigenvalue weighted by molar-refractivity contribution is 7.01. The lowest BCUT2D eigenvalue weighted by Crippen LogP contribution is -2.57. The molecule has 0 atom stereocenters. The highest BCUT2D eigenvalue weighted by atomic mass is 15.0. The van der Waals surface area contributed by atoms with Gasteiger partial charge in [0.05, 0.1) is 40.3 Å². The Hall–Kier alpha value is -7.86. The minimum Gasteiger partial charge on any atom is -0.309 e. The molecule has 0 saturated heterocycles. The van der Waals surface area contributed by atoms with Gasteiger partial charge in [-0.3, -0.25) is 0 Å². The van der Waals surface area contributed by atoms with E-state index in [1.165, 1.54) is 98.3 Å². The number of nitrogens with zero attached hydrogens (tertiary/aromatic N) is 4. The quantitative estimate of drug-likeness (QED) is 0.127. The monoisotopic (exact) mass is 774 g/mol. The molecule has 0 N–H and O–H groups in total. The van der Waals surface area contributed by atoms with Crippen LogP contribution >= 0.6 is 0 Å². The van der Waals surface area contributed by atoms with Gasteiger partial charge >= 0.3 is 0 Å². The molecule has 9 aromatic carbocycles. The molecule has 2 aliphatic heterocycles. The number of aromatic nitrogens is 2. The van der Waals surface area contributed by atoms with Crippen LogP contribution in [0.4, 0.5) is 5.69 Å². The lowest BCUT2D eigenvalue weighted by molar-refractivity contribution is 0.591. The van der Waals surface area contributed by atoms with Gasteiger partial charge in [-0.1, -0.05) is 146 Å². The van der Waals surface area contributed by atoms with Crippen molar-refractivity contribution in [1.29, 1.82) is 5.26 Å². The van der Waals surface area contributed by atoms with Gasteiger partial charge in [0.1, 0.15) is 0 Å². The number of nitriles is 1. The molecule has 11 aromatic rings. The second-order valence-corrected chi connectivity index (χ2v) is 17.8. The summed E-state index contributed by atoms with van der Waals surface area (Å²) >= 11 is 0. The van der Waals surface area contributed by atoms with Gasteiger partial charge in [-0.05, 0) is 92.5 Å². The van der Waals surface area contributed by atoms with Crippen LogP contribution in [0.25, 0.3) is 104 Å². The summed E-state index contributed by atoms with van der Waals surface area (Å²) in [4.78, 5) is 3.70. The van der Waals surface area contributed by atoms with Crippen molar-refractivity contribution in [3.05, 3.63) is 180 Å². The molecular weight excluding hydrogens is 739 g/mol. The molecule has 4 nitrogen and oxygen atoms in total. The Labute approximate surface area is 353 Å². The first-order valence-corrected chi connectivity index (χ1v) is 21.0. The molecule has 2 aromatic heterocycles. The van der Waals surface area contributed by atoms with Crippen LogP contribution in [0.15, 0.2) is 158 Å². The number of benzene rings is 9. The Balaban J connectivity index is 1.22. The van der Waals surface area contributed by atoms with E-state index in [4.69, 9.17) is 6.57 Å². The highest BCUT2D eigenvalue weighted by Gasteiger charge is 2.41. The minimum atomic E-state index is -0.0801. The molecule has 5 heteroatoms. The molecule has 61 heavy (non-hydrogen) atoms. The molecule has 0 bridgehead atoms. The fourth-order valence-corrected chi connectivity index (χ4v) is 11.1. The van der Waals surface area contributed by atoms with Crippen LogP contribution in [0, 0.1) is 17.9 Å². The summed E-state index contributed by atoms with van der Waals surface area (Å²) in [5.41, 5.74) is 18.5. The summed E-state index contributed by atoms with van der Waals surface area (Å²) in [5, 5.41) is 19.6. The maximum absolute atomic E-state index is 9.69. The van der Waals surface area contributed by atoms with Crippen LogP contribution in [0.2, 0.25) is 0 Å². The van der Waals surface area contributed by atoms with E-state index in [1.54, 1.807) is 0 Å². The zero-order chi connectivity index (χ0) is 40.9. The van der Waals surface area contributed by atoms with Crippen LogP contribution in [-0.2, 0) is 5.41 Å². The van der Waals surface area contributed by atoms with Crippen LogP contribution < -0.4 is 16.4 Å². The topological polar surface area (TPSA) is 38.0 Å².